The molecule has 0 atom stereocenters. The van der Waals surface area contributed by atoms with Gasteiger partial charge in [-0.3, -0.25) is 9.20 Å². The van der Waals surface area contributed by atoms with Crippen LogP contribution in [0.5, 0.6) is 0 Å². The number of carbonyl (C=O) groups excluding carboxylic acids is 1. The first-order valence-corrected chi connectivity index (χ1v) is 11.0. The molecule has 0 unspecified atom stereocenters. The van der Waals surface area contributed by atoms with Crippen LogP contribution in [0.4, 0.5) is 0 Å². The lowest BCUT2D eigenvalue weighted by atomic mass is 10.2. The van der Waals surface area contributed by atoms with Gasteiger partial charge in [0, 0.05) is 30.7 Å². The Hall–Kier alpha value is -2.56. The number of ether oxygens (including phenoxy) is 1. The minimum Gasteiger partial charge on any atom is -0.456 e. The lowest BCUT2D eigenvalue weighted by molar-refractivity contribution is 0.0467. The molecule has 2 aromatic heterocycles. The summed E-state index contributed by atoms with van der Waals surface area (Å²) in [7, 11) is -3.52. The number of fused-ring (bicyclic) bond motifs is 1. The van der Waals surface area contributed by atoms with Gasteiger partial charge in [0.15, 0.2) is 4.96 Å². The lowest BCUT2D eigenvalue weighted by Gasteiger charge is -2.15. The first-order chi connectivity index (χ1) is 13.4. The Bertz CT molecular complexity index is 1180. The van der Waals surface area contributed by atoms with Crippen LogP contribution in [0, 0.1) is 0 Å². The average molecular weight is 419 g/mol. The summed E-state index contributed by atoms with van der Waals surface area (Å²) >= 11 is 1.31. The molecule has 0 saturated carbocycles. The van der Waals surface area contributed by atoms with E-state index in [1.165, 1.54) is 50.4 Å². The number of hydrogen-bond acceptors (Lipinski definition) is 7. The molecule has 28 heavy (non-hydrogen) atoms. The number of rotatable bonds is 5. The van der Waals surface area contributed by atoms with Crippen molar-refractivity contribution < 1.29 is 17.9 Å². The number of aromatic nitrogens is 2. The Morgan fingerprint density at radius 1 is 1.18 bits per heavy atom. The third-order valence-electron chi connectivity index (χ3n) is 4.50. The highest BCUT2D eigenvalue weighted by atomic mass is 32.2. The van der Waals surface area contributed by atoms with Crippen LogP contribution in [-0.2, 0) is 21.4 Å². The molecule has 0 radical (unpaired) electrons. The van der Waals surface area contributed by atoms with Crippen LogP contribution in [0.25, 0.3) is 4.96 Å². The fourth-order valence-electron chi connectivity index (χ4n) is 3.03. The van der Waals surface area contributed by atoms with Gasteiger partial charge in [-0.25, -0.2) is 18.2 Å². The summed E-state index contributed by atoms with van der Waals surface area (Å²) in [5.41, 5.74) is 0.345. The number of sulfonamides is 1. The molecular formula is C18H17N3O5S2. The van der Waals surface area contributed by atoms with E-state index < -0.39 is 16.0 Å². The summed E-state index contributed by atoms with van der Waals surface area (Å²) < 4.78 is 33.1. The molecule has 1 fully saturated rings. The Kier molecular flexibility index (Phi) is 5.00. The van der Waals surface area contributed by atoms with Crippen molar-refractivity contribution in [2.24, 2.45) is 0 Å². The molecule has 4 rings (SSSR count). The van der Waals surface area contributed by atoms with Gasteiger partial charge in [0.2, 0.25) is 10.0 Å². The zero-order valence-corrected chi connectivity index (χ0v) is 16.4. The molecule has 3 heterocycles. The van der Waals surface area contributed by atoms with E-state index in [0.29, 0.717) is 23.7 Å². The Morgan fingerprint density at radius 2 is 1.89 bits per heavy atom. The van der Waals surface area contributed by atoms with Gasteiger partial charge in [-0.15, -0.1) is 11.3 Å². The second-order valence-corrected chi connectivity index (χ2v) is 9.16. The fraction of sp³-hybridized carbons (Fsp3) is 0.278. The minimum atomic E-state index is -3.52. The van der Waals surface area contributed by atoms with E-state index >= 15 is 0 Å². The number of carbonyl (C=O) groups is 1. The highest BCUT2D eigenvalue weighted by Gasteiger charge is 2.27. The smallest absolute Gasteiger partial charge is 0.338 e. The van der Waals surface area contributed by atoms with Crippen molar-refractivity contribution in [3.63, 3.8) is 0 Å². The number of thiazole rings is 1. The van der Waals surface area contributed by atoms with E-state index in [0.717, 1.165) is 12.8 Å². The van der Waals surface area contributed by atoms with E-state index in [1.807, 2.05) is 0 Å². The van der Waals surface area contributed by atoms with Gasteiger partial charge in [-0.2, -0.15) is 4.31 Å². The van der Waals surface area contributed by atoms with Crippen molar-refractivity contribution in [2.45, 2.75) is 24.3 Å². The van der Waals surface area contributed by atoms with Crippen molar-refractivity contribution in [1.82, 2.24) is 13.7 Å². The van der Waals surface area contributed by atoms with Gasteiger partial charge in [0.25, 0.3) is 5.56 Å². The molecule has 10 heteroatoms. The standard InChI is InChI=1S/C18H17N3O5S2/c22-16-11-14(19-18-21(16)9-10-27-18)12-26-17(23)13-3-5-15(6-4-13)28(24,25)20-7-1-2-8-20/h3-6,9-11H,1-2,7-8,12H2. The lowest BCUT2D eigenvalue weighted by Crippen LogP contribution is -2.27. The van der Waals surface area contributed by atoms with Crippen LogP contribution in [0.3, 0.4) is 0 Å². The molecule has 1 saturated heterocycles. The molecule has 0 amide bonds. The number of nitrogens with zero attached hydrogens (tertiary/aromatic N) is 3. The number of esters is 1. The topological polar surface area (TPSA) is 98.0 Å². The van der Waals surface area contributed by atoms with E-state index in [-0.39, 0.29) is 22.6 Å². The first-order valence-electron chi connectivity index (χ1n) is 8.68. The van der Waals surface area contributed by atoms with Crippen molar-refractivity contribution in [3.8, 4) is 0 Å². The Balaban J connectivity index is 1.45. The third-order valence-corrected chi connectivity index (χ3v) is 7.17. The van der Waals surface area contributed by atoms with Crippen LogP contribution in [0.15, 0.2) is 51.6 Å². The van der Waals surface area contributed by atoms with E-state index in [4.69, 9.17) is 4.74 Å². The summed E-state index contributed by atoms with van der Waals surface area (Å²) in [6, 6.07) is 6.99. The SMILES string of the molecule is O=C(OCc1cc(=O)n2ccsc2n1)c1ccc(S(=O)(=O)N2CCCC2)cc1. The highest BCUT2D eigenvalue weighted by molar-refractivity contribution is 7.89. The van der Waals surface area contributed by atoms with Crippen molar-refractivity contribution in [2.75, 3.05) is 13.1 Å². The van der Waals surface area contributed by atoms with Gasteiger partial charge in [-0.05, 0) is 37.1 Å². The maximum absolute atomic E-state index is 12.5. The summed E-state index contributed by atoms with van der Waals surface area (Å²) in [6.07, 6.45) is 3.35. The van der Waals surface area contributed by atoms with Gasteiger partial charge in [-0.1, -0.05) is 0 Å². The molecule has 8 nitrogen and oxygen atoms in total. The van der Waals surface area contributed by atoms with E-state index in [2.05, 4.69) is 4.98 Å². The minimum absolute atomic E-state index is 0.143. The number of hydrogen-bond donors (Lipinski definition) is 0. The maximum atomic E-state index is 12.5. The predicted molar refractivity (Wildman–Crippen MR) is 103 cm³/mol. The third kappa shape index (κ3) is 3.58. The van der Waals surface area contributed by atoms with Crippen LogP contribution >= 0.6 is 11.3 Å². The normalized spacial score (nSPS) is 15.1. The summed E-state index contributed by atoms with van der Waals surface area (Å²) in [5.74, 6) is -0.613. The van der Waals surface area contributed by atoms with Gasteiger partial charge >= 0.3 is 5.97 Å². The molecular weight excluding hydrogens is 402 g/mol. The molecule has 1 aromatic carbocycles. The maximum Gasteiger partial charge on any atom is 0.338 e. The number of benzene rings is 1. The molecule has 146 valence electrons. The molecule has 1 aliphatic rings. The molecule has 0 spiro atoms. The molecule has 0 N–H and O–H groups in total. The zero-order chi connectivity index (χ0) is 19.7. The quantitative estimate of drug-likeness (QED) is 0.586. The first kappa shape index (κ1) is 18.8. The van der Waals surface area contributed by atoms with Crippen molar-refractivity contribution in [1.29, 1.82) is 0 Å². The molecule has 0 bridgehead atoms. The van der Waals surface area contributed by atoms with Crippen LogP contribution in [-0.4, -0.2) is 41.2 Å². The predicted octanol–water partition coefficient (Wildman–Crippen LogP) is 1.90. The monoisotopic (exact) mass is 419 g/mol. The second-order valence-electron chi connectivity index (χ2n) is 6.35. The molecule has 3 aromatic rings. The van der Waals surface area contributed by atoms with E-state index in [9.17, 15) is 18.0 Å². The largest absolute Gasteiger partial charge is 0.456 e. The summed E-state index contributed by atoms with van der Waals surface area (Å²) in [4.78, 5) is 29.1. The van der Waals surface area contributed by atoms with Gasteiger partial charge < -0.3 is 4.74 Å². The molecule has 1 aliphatic heterocycles. The zero-order valence-electron chi connectivity index (χ0n) is 14.8. The van der Waals surface area contributed by atoms with Crippen LogP contribution in [0.2, 0.25) is 0 Å². The van der Waals surface area contributed by atoms with Crippen LogP contribution in [0.1, 0.15) is 28.9 Å². The highest BCUT2D eigenvalue weighted by Crippen LogP contribution is 2.21. The van der Waals surface area contributed by atoms with E-state index in [1.54, 1.807) is 11.6 Å². The van der Waals surface area contributed by atoms with Crippen molar-refractivity contribution in [3.05, 3.63) is 63.5 Å². The van der Waals surface area contributed by atoms with Gasteiger partial charge in [0.1, 0.15) is 6.61 Å². The van der Waals surface area contributed by atoms with Crippen molar-refractivity contribution >= 4 is 32.3 Å². The summed E-state index contributed by atoms with van der Waals surface area (Å²) in [5, 5.41) is 1.75. The summed E-state index contributed by atoms with van der Waals surface area (Å²) in [6.45, 7) is 0.900. The van der Waals surface area contributed by atoms with Crippen LogP contribution < -0.4 is 5.56 Å². The molecule has 0 aliphatic carbocycles. The average Bonchev–Trinajstić information content (AvgIpc) is 3.38. The second kappa shape index (κ2) is 7.46. The Morgan fingerprint density at radius 3 is 2.61 bits per heavy atom. The fourth-order valence-corrected chi connectivity index (χ4v) is 5.28. The van der Waals surface area contributed by atoms with Gasteiger partial charge in [0.05, 0.1) is 16.2 Å². The Labute approximate surface area is 165 Å².